The number of hydrogen-bond donors (Lipinski definition) is 0. The monoisotopic (exact) mass is 260 g/mol. The molecule has 102 valence electrons. The van der Waals surface area contributed by atoms with Crippen molar-refractivity contribution in [2.45, 2.75) is 46.5 Å². The van der Waals surface area contributed by atoms with Gasteiger partial charge >= 0.3 is 0 Å². The second kappa shape index (κ2) is 6.26. The number of unbranched alkanes of at least 4 members (excludes halogenated alkanes) is 3. The van der Waals surface area contributed by atoms with Gasteiger partial charge in [0.15, 0.2) is 0 Å². The molecule has 6 heteroatoms. The van der Waals surface area contributed by atoms with E-state index >= 15 is 0 Å². The maximum absolute atomic E-state index is 4.39. The van der Waals surface area contributed by atoms with Crippen molar-refractivity contribution in [3.63, 3.8) is 0 Å². The van der Waals surface area contributed by atoms with E-state index in [1.807, 2.05) is 26.1 Å². The van der Waals surface area contributed by atoms with Crippen LogP contribution in [0.25, 0.3) is 5.95 Å². The van der Waals surface area contributed by atoms with Gasteiger partial charge in [-0.25, -0.2) is 4.68 Å². The molecule has 0 unspecified atom stereocenters. The van der Waals surface area contributed by atoms with Crippen LogP contribution < -0.4 is 0 Å². The topological polar surface area (TPSA) is 60.9 Å². The van der Waals surface area contributed by atoms with E-state index in [4.69, 9.17) is 0 Å². The molecule has 2 heterocycles. The van der Waals surface area contributed by atoms with E-state index in [0.29, 0.717) is 5.95 Å². The van der Waals surface area contributed by atoms with Crippen LogP contribution in [-0.4, -0.2) is 30.9 Å². The summed E-state index contributed by atoms with van der Waals surface area (Å²) in [6.45, 7) is 6.14. The van der Waals surface area contributed by atoms with Gasteiger partial charge in [-0.2, -0.15) is 14.9 Å². The molecule has 0 atom stereocenters. The molecular weight excluding hydrogens is 240 g/mol. The van der Waals surface area contributed by atoms with Gasteiger partial charge in [0.05, 0.1) is 5.69 Å². The highest BCUT2D eigenvalue weighted by atomic mass is 15.5. The molecule has 0 saturated heterocycles. The highest BCUT2D eigenvalue weighted by molar-refractivity contribution is 5.57. The predicted molar refractivity (Wildman–Crippen MR) is 74.7 cm³/mol. The van der Waals surface area contributed by atoms with Crippen molar-refractivity contribution in [3.8, 4) is 5.95 Å². The van der Waals surface area contributed by atoms with Crippen molar-refractivity contribution in [3.05, 3.63) is 23.8 Å². The van der Waals surface area contributed by atoms with Gasteiger partial charge < -0.3 is 0 Å². The normalized spacial score (nSPS) is 11.5. The summed E-state index contributed by atoms with van der Waals surface area (Å²) in [4.78, 5) is 0. The molecule has 0 aromatic carbocycles. The van der Waals surface area contributed by atoms with Crippen LogP contribution in [0.5, 0.6) is 0 Å². The Bertz CT molecular complexity index is 551. The first-order chi connectivity index (χ1) is 9.22. The maximum atomic E-state index is 4.39. The summed E-state index contributed by atoms with van der Waals surface area (Å²) in [5.41, 5.74) is 1.98. The van der Waals surface area contributed by atoms with E-state index in [-0.39, 0.29) is 0 Å². The summed E-state index contributed by atoms with van der Waals surface area (Å²) in [5.74, 6) is 0.623. The summed E-state index contributed by atoms with van der Waals surface area (Å²) in [5, 5.41) is 16.7. The van der Waals surface area contributed by atoms with Crippen molar-refractivity contribution in [2.24, 2.45) is 5.10 Å². The van der Waals surface area contributed by atoms with Gasteiger partial charge in [0, 0.05) is 11.9 Å². The second-order valence-corrected chi connectivity index (χ2v) is 4.61. The lowest BCUT2D eigenvalue weighted by Gasteiger charge is -2.02. The largest absolute Gasteiger partial charge is 0.273 e. The quantitative estimate of drug-likeness (QED) is 0.592. The van der Waals surface area contributed by atoms with Crippen molar-refractivity contribution in [1.29, 1.82) is 0 Å². The Kier molecular flexibility index (Phi) is 4.43. The zero-order chi connectivity index (χ0) is 13.7. The fourth-order valence-corrected chi connectivity index (χ4v) is 1.91. The summed E-state index contributed by atoms with van der Waals surface area (Å²) < 4.78 is 3.41. The smallest absolute Gasteiger partial charge is 0.202 e. The fourth-order valence-electron chi connectivity index (χ4n) is 1.91. The Balaban J connectivity index is 2.12. The zero-order valence-corrected chi connectivity index (χ0v) is 11.7. The third kappa shape index (κ3) is 3.27. The first kappa shape index (κ1) is 13.5. The molecule has 0 aliphatic rings. The number of hydrogen-bond acceptors (Lipinski definition) is 4. The molecule has 0 saturated carbocycles. The lowest BCUT2D eigenvalue weighted by atomic mass is 10.2. The SMILES string of the molecule is CCCCCC=Nn1cnnc1-n1nc(C)cc1C. The van der Waals surface area contributed by atoms with Gasteiger partial charge in [-0.3, -0.25) is 0 Å². The summed E-state index contributed by atoms with van der Waals surface area (Å²) >= 11 is 0. The minimum atomic E-state index is 0.623. The Morgan fingerprint density at radius 1 is 1.32 bits per heavy atom. The van der Waals surface area contributed by atoms with E-state index in [0.717, 1.165) is 24.2 Å². The fraction of sp³-hybridized carbons (Fsp3) is 0.538. The van der Waals surface area contributed by atoms with Gasteiger partial charge in [0.2, 0.25) is 0 Å². The van der Waals surface area contributed by atoms with Crippen LogP contribution in [-0.2, 0) is 0 Å². The van der Waals surface area contributed by atoms with Gasteiger partial charge in [-0.15, -0.1) is 10.2 Å². The van der Waals surface area contributed by atoms with Crippen LogP contribution in [0, 0.1) is 13.8 Å². The molecule has 0 radical (unpaired) electrons. The van der Waals surface area contributed by atoms with Crippen molar-refractivity contribution in [1.82, 2.24) is 24.7 Å². The maximum Gasteiger partial charge on any atom is 0.273 e. The molecule has 0 N–H and O–H groups in total. The molecule has 0 spiro atoms. The molecule has 6 nitrogen and oxygen atoms in total. The average molecular weight is 260 g/mol. The Hall–Kier alpha value is -1.98. The number of aromatic nitrogens is 5. The molecule has 0 bridgehead atoms. The Morgan fingerprint density at radius 2 is 2.16 bits per heavy atom. The Morgan fingerprint density at radius 3 is 2.84 bits per heavy atom. The van der Waals surface area contributed by atoms with Crippen molar-refractivity contribution >= 4 is 6.21 Å². The summed E-state index contributed by atoms with van der Waals surface area (Å²) in [7, 11) is 0. The molecule has 0 fully saturated rings. The molecular formula is C13H20N6. The van der Waals surface area contributed by atoms with Crippen molar-refractivity contribution < 1.29 is 0 Å². The average Bonchev–Trinajstić information content (AvgIpc) is 2.95. The molecule has 0 amide bonds. The molecule has 19 heavy (non-hydrogen) atoms. The van der Waals surface area contributed by atoms with E-state index < -0.39 is 0 Å². The standard InChI is InChI=1S/C13H20N6/c1-4-5-6-7-8-15-18-10-14-16-13(18)19-12(3)9-11(2)17-19/h8-10H,4-7H2,1-3H3. The Labute approximate surface area is 113 Å². The molecule has 2 rings (SSSR count). The molecule has 0 aliphatic heterocycles. The first-order valence-corrected chi connectivity index (χ1v) is 6.69. The van der Waals surface area contributed by atoms with Gasteiger partial charge in [0.25, 0.3) is 5.95 Å². The van der Waals surface area contributed by atoms with Crippen LogP contribution in [0.2, 0.25) is 0 Å². The number of aryl methyl sites for hydroxylation is 2. The first-order valence-electron chi connectivity index (χ1n) is 6.69. The molecule has 2 aromatic heterocycles. The second-order valence-electron chi connectivity index (χ2n) is 4.61. The molecule has 0 aliphatic carbocycles. The molecule has 2 aromatic rings. The van der Waals surface area contributed by atoms with E-state index in [2.05, 4.69) is 27.3 Å². The van der Waals surface area contributed by atoms with Gasteiger partial charge in [-0.1, -0.05) is 19.8 Å². The van der Waals surface area contributed by atoms with Crippen LogP contribution >= 0.6 is 0 Å². The zero-order valence-electron chi connectivity index (χ0n) is 11.7. The van der Waals surface area contributed by atoms with Crippen LogP contribution in [0.3, 0.4) is 0 Å². The summed E-state index contributed by atoms with van der Waals surface area (Å²) in [6.07, 6.45) is 8.10. The van der Waals surface area contributed by atoms with E-state index in [9.17, 15) is 0 Å². The predicted octanol–water partition coefficient (Wildman–Crippen LogP) is 2.49. The highest BCUT2D eigenvalue weighted by Gasteiger charge is 2.09. The number of nitrogens with zero attached hydrogens (tertiary/aromatic N) is 6. The summed E-state index contributed by atoms with van der Waals surface area (Å²) in [6, 6.07) is 2.00. The minimum Gasteiger partial charge on any atom is -0.202 e. The van der Waals surface area contributed by atoms with Crippen LogP contribution in [0.15, 0.2) is 17.5 Å². The lowest BCUT2D eigenvalue weighted by Crippen LogP contribution is -2.06. The van der Waals surface area contributed by atoms with Crippen LogP contribution in [0.1, 0.15) is 44.0 Å². The third-order valence-corrected chi connectivity index (χ3v) is 2.85. The van der Waals surface area contributed by atoms with Gasteiger partial charge in [-0.05, 0) is 32.8 Å². The van der Waals surface area contributed by atoms with Crippen LogP contribution in [0.4, 0.5) is 0 Å². The van der Waals surface area contributed by atoms with E-state index in [1.54, 1.807) is 15.7 Å². The third-order valence-electron chi connectivity index (χ3n) is 2.85. The van der Waals surface area contributed by atoms with E-state index in [1.165, 1.54) is 12.8 Å². The number of rotatable bonds is 6. The van der Waals surface area contributed by atoms with Crippen molar-refractivity contribution in [2.75, 3.05) is 0 Å². The lowest BCUT2D eigenvalue weighted by molar-refractivity contribution is 0.710. The highest BCUT2D eigenvalue weighted by Crippen LogP contribution is 2.09. The minimum absolute atomic E-state index is 0.623. The van der Waals surface area contributed by atoms with Gasteiger partial charge in [0.1, 0.15) is 6.33 Å².